The number of hydrogen-bond donors (Lipinski definition) is 2. The van der Waals surface area contributed by atoms with E-state index in [1.54, 1.807) is 6.92 Å². The van der Waals surface area contributed by atoms with Crippen LogP contribution in [0.15, 0.2) is 11.4 Å². The fourth-order valence-electron chi connectivity index (χ4n) is 0.839. The van der Waals surface area contributed by atoms with Gasteiger partial charge in [-0.2, -0.15) is 0 Å². The Morgan fingerprint density at radius 1 is 1.86 bits per heavy atom. The van der Waals surface area contributed by atoms with Crippen LogP contribution in [0.2, 0.25) is 5.28 Å². The minimum Gasteiger partial charge on any atom is -0.394 e. The Morgan fingerprint density at radius 3 is 3.14 bits per heavy atom. The van der Waals surface area contributed by atoms with Crippen LogP contribution in [0.5, 0.6) is 0 Å². The van der Waals surface area contributed by atoms with Crippen LogP contribution in [0, 0.1) is 4.91 Å². The van der Waals surface area contributed by atoms with E-state index in [1.807, 2.05) is 0 Å². The number of rotatable bonds is 4. The van der Waals surface area contributed by atoms with Gasteiger partial charge >= 0.3 is 5.28 Å². The zero-order valence-corrected chi connectivity index (χ0v) is 8.25. The van der Waals surface area contributed by atoms with E-state index in [0.717, 1.165) is 0 Å². The number of aromatic amines is 1. The maximum Gasteiger partial charge on any atom is 0.396 e. The van der Waals surface area contributed by atoms with Crippen LogP contribution in [0.4, 0.5) is 11.5 Å². The van der Waals surface area contributed by atoms with Crippen molar-refractivity contribution in [3.63, 3.8) is 0 Å². The molecule has 0 aliphatic rings. The van der Waals surface area contributed by atoms with Crippen molar-refractivity contribution in [3.8, 4) is 0 Å². The second kappa shape index (κ2) is 4.83. The monoisotopic (exact) mass is 217 g/mol. The normalized spacial score (nSPS) is 12.2. The van der Waals surface area contributed by atoms with Gasteiger partial charge in [-0.05, 0) is 17.1 Å². The van der Waals surface area contributed by atoms with Gasteiger partial charge in [-0.25, -0.2) is 4.98 Å². The summed E-state index contributed by atoms with van der Waals surface area (Å²) in [4.78, 5) is 16.7. The summed E-state index contributed by atoms with van der Waals surface area (Å²) in [6.07, 6.45) is 1.34. The van der Waals surface area contributed by atoms with Crippen LogP contribution in [0.25, 0.3) is 0 Å². The third kappa shape index (κ3) is 2.61. The predicted octanol–water partition coefficient (Wildman–Crippen LogP) is 0.740. The highest BCUT2D eigenvalue weighted by Gasteiger charge is 2.16. The van der Waals surface area contributed by atoms with Crippen molar-refractivity contribution in [2.45, 2.75) is 13.0 Å². The number of aliphatic hydroxyl groups excluding tert-OH is 1. The molecule has 0 unspecified atom stereocenters. The van der Waals surface area contributed by atoms with E-state index in [1.165, 1.54) is 6.20 Å². The lowest BCUT2D eigenvalue weighted by Gasteiger charge is -2.07. The van der Waals surface area contributed by atoms with E-state index in [0.29, 0.717) is 0 Å². The van der Waals surface area contributed by atoms with E-state index in [4.69, 9.17) is 16.7 Å². The summed E-state index contributed by atoms with van der Waals surface area (Å²) in [6.45, 7) is 1.66. The highest BCUT2D eigenvalue weighted by molar-refractivity contribution is 6.27. The zero-order valence-electron chi connectivity index (χ0n) is 7.49. The molecule has 1 heterocycles. The Labute approximate surface area is 85.3 Å². The molecule has 0 fully saturated rings. The molecule has 1 aromatic rings. The van der Waals surface area contributed by atoms with Gasteiger partial charge in [-0.15, -0.1) is 4.91 Å². The Hall–Kier alpha value is -1.27. The van der Waals surface area contributed by atoms with Gasteiger partial charge in [0.2, 0.25) is 5.69 Å². The fraction of sp³-hybridized carbons (Fsp3) is 0.429. The molecule has 14 heavy (non-hydrogen) atoms. The molecule has 0 aromatic carbocycles. The lowest BCUT2D eigenvalue weighted by molar-refractivity contribution is -0.378. The highest BCUT2D eigenvalue weighted by atomic mass is 35.5. The van der Waals surface area contributed by atoms with Crippen LogP contribution in [-0.4, -0.2) is 22.7 Å². The molecule has 3 N–H and O–H groups in total. The van der Waals surface area contributed by atoms with E-state index < -0.39 is 0 Å². The van der Waals surface area contributed by atoms with Gasteiger partial charge in [-0.1, -0.05) is 0 Å². The summed E-state index contributed by atoms with van der Waals surface area (Å²) in [6, 6.07) is -0.221. The molecule has 0 spiro atoms. The number of aliphatic hydroxyl groups is 1. The number of nitrogens with zero attached hydrogens (tertiary/aromatic N) is 2. The molecule has 0 aliphatic carbocycles. The van der Waals surface area contributed by atoms with Crippen LogP contribution >= 0.6 is 11.6 Å². The van der Waals surface area contributed by atoms with Gasteiger partial charge < -0.3 is 10.4 Å². The van der Waals surface area contributed by atoms with Crippen molar-refractivity contribution in [1.82, 2.24) is 4.98 Å². The first-order valence-electron chi connectivity index (χ1n) is 3.96. The highest BCUT2D eigenvalue weighted by Crippen LogP contribution is 2.21. The van der Waals surface area contributed by atoms with Gasteiger partial charge in [-0.3, -0.25) is 0 Å². The summed E-state index contributed by atoms with van der Waals surface area (Å²) in [5, 5.41) is 14.5. The maximum atomic E-state index is 10.4. The third-order valence-electron chi connectivity index (χ3n) is 1.54. The average molecular weight is 218 g/mol. The molecule has 6 nitrogen and oxygen atoms in total. The topological polar surface area (TPSA) is 88.7 Å². The standard InChI is InChI=1S/C7H9ClN4O2/c1-4(3-13)10-6-5(12-14)2-9-7(8)11-6/h2,4,13H,3H2,1H3,(H,9,10,11)/p+1/t4-/m1/s1. The number of hydrogen-bond acceptors (Lipinski definition) is 5. The Bertz CT molecular complexity index is 333. The summed E-state index contributed by atoms with van der Waals surface area (Å²) >= 11 is 5.59. The molecule has 0 aliphatic heterocycles. The number of halogens is 1. The van der Waals surface area contributed by atoms with Crippen molar-refractivity contribution < 1.29 is 10.1 Å². The van der Waals surface area contributed by atoms with Crippen molar-refractivity contribution in [2.75, 3.05) is 11.9 Å². The van der Waals surface area contributed by atoms with Gasteiger partial charge in [0.1, 0.15) is 6.20 Å². The summed E-state index contributed by atoms with van der Waals surface area (Å²) in [5.74, 6) is 0.255. The smallest absolute Gasteiger partial charge is 0.394 e. The van der Waals surface area contributed by atoms with Gasteiger partial charge in [0.15, 0.2) is 0 Å². The Kier molecular flexibility index (Phi) is 3.73. The zero-order chi connectivity index (χ0) is 10.6. The van der Waals surface area contributed by atoms with Crippen molar-refractivity contribution in [2.24, 2.45) is 5.18 Å². The summed E-state index contributed by atoms with van der Waals surface area (Å²) in [5.41, 5.74) is 0.120. The second-order valence-electron chi connectivity index (χ2n) is 2.74. The first kappa shape index (κ1) is 10.8. The molecular weight excluding hydrogens is 208 g/mol. The van der Waals surface area contributed by atoms with Gasteiger partial charge in [0.25, 0.3) is 5.82 Å². The van der Waals surface area contributed by atoms with Crippen LogP contribution in [-0.2, 0) is 0 Å². The molecule has 0 amide bonds. The predicted molar refractivity (Wildman–Crippen MR) is 51.4 cm³/mol. The van der Waals surface area contributed by atoms with Crippen molar-refractivity contribution in [3.05, 3.63) is 16.4 Å². The molecule has 1 atom stereocenters. The first-order valence-corrected chi connectivity index (χ1v) is 4.34. The van der Waals surface area contributed by atoms with E-state index >= 15 is 0 Å². The second-order valence-corrected chi connectivity index (χ2v) is 3.10. The van der Waals surface area contributed by atoms with E-state index in [9.17, 15) is 4.91 Å². The molecular formula is C7H10ClN4O2+. The number of H-pyrrole nitrogens is 1. The minimum absolute atomic E-state index is 0.0732. The fourth-order valence-corrected chi connectivity index (χ4v) is 0.978. The third-order valence-corrected chi connectivity index (χ3v) is 1.73. The Morgan fingerprint density at radius 2 is 2.57 bits per heavy atom. The first-order chi connectivity index (χ1) is 6.67. The van der Waals surface area contributed by atoms with E-state index in [2.05, 4.69) is 20.5 Å². The minimum atomic E-state index is -0.221. The number of anilines is 1. The molecule has 76 valence electrons. The van der Waals surface area contributed by atoms with E-state index in [-0.39, 0.29) is 29.4 Å². The average Bonchev–Trinajstić information content (AvgIpc) is 2.18. The van der Waals surface area contributed by atoms with Gasteiger partial charge in [0.05, 0.1) is 6.61 Å². The van der Waals surface area contributed by atoms with Crippen molar-refractivity contribution >= 4 is 23.1 Å². The molecule has 7 heteroatoms. The maximum absolute atomic E-state index is 10.4. The summed E-state index contributed by atoms with van der Waals surface area (Å²) < 4.78 is 0. The molecule has 0 saturated heterocycles. The van der Waals surface area contributed by atoms with Crippen molar-refractivity contribution in [1.29, 1.82) is 0 Å². The van der Waals surface area contributed by atoms with Crippen LogP contribution in [0.3, 0.4) is 0 Å². The number of nitrogens with one attached hydrogen (secondary N) is 2. The molecule has 0 radical (unpaired) electrons. The van der Waals surface area contributed by atoms with Crippen LogP contribution in [0.1, 0.15) is 6.92 Å². The molecule has 0 bridgehead atoms. The van der Waals surface area contributed by atoms with Gasteiger partial charge in [0, 0.05) is 17.6 Å². The Balaban J connectivity index is 2.92. The number of aromatic nitrogens is 2. The quantitative estimate of drug-likeness (QED) is 0.575. The summed E-state index contributed by atoms with van der Waals surface area (Å²) in [7, 11) is 0. The van der Waals surface area contributed by atoms with Crippen LogP contribution < -0.4 is 10.3 Å². The largest absolute Gasteiger partial charge is 0.396 e. The molecule has 0 saturated carbocycles. The molecule has 1 rings (SSSR count). The number of nitroso groups, excluding NO2 is 1. The SMILES string of the molecule is C[C@H](CO)Nc1nc(Cl)[nH+]cc1N=O. The lowest BCUT2D eigenvalue weighted by Crippen LogP contribution is -2.21. The molecule has 1 aromatic heterocycles. The lowest BCUT2D eigenvalue weighted by atomic mass is 10.3.